The minimum absolute atomic E-state index is 0.0225. The molecule has 0 spiro atoms. The van der Waals surface area contributed by atoms with Gasteiger partial charge >= 0.3 is 0 Å². The molecule has 0 bridgehead atoms. The average molecular weight is 905 g/mol. The molecule has 4 aliphatic heterocycles. The Labute approximate surface area is 377 Å². The van der Waals surface area contributed by atoms with Crippen molar-refractivity contribution in [2.75, 3.05) is 21.3 Å². The number of rotatable bonds is 11. The van der Waals surface area contributed by atoms with Crippen LogP contribution in [0.15, 0.2) is 10.3 Å². The smallest absolute Gasteiger partial charge is 0.228 e. The summed E-state index contributed by atoms with van der Waals surface area (Å²) in [4.78, 5) is 29.5. The van der Waals surface area contributed by atoms with Gasteiger partial charge in [-0.05, 0) is 184 Å². The Kier molecular flexibility index (Phi) is 13.3. The summed E-state index contributed by atoms with van der Waals surface area (Å²) in [6.45, 7) is 32.6. The Hall–Kier alpha value is -2.40. The summed E-state index contributed by atoms with van der Waals surface area (Å²) in [6.07, 6.45) is 5.36. The lowest BCUT2D eigenvalue weighted by atomic mass is 9.79. The number of nitrogens with zero attached hydrogens (tertiary/aromatic N) is 10. The molecule has 0 radical (unpaired) electrons. The predicted octanol–water partition coefficient (Wildman–Crippen LogP) is 8.15. The van der Waals surface area contributed by atoms with E-state index in [1.807, 2.05) is 111 Å². The molecule has 0 unspecified atom stereocenters. The summed E-state index contributed by atoms with van der Waals surface area (Å²) in [5.41, 5.74) is -3.83. The highest BCUT2D eigenvalue weighted by Gasteiger charge is 2.49. The maximum absolute atomic E-state index is 11.0. The van der Waals surface area contributed by atoms with Gasteiger partial charge in [0, 0.05) is 68.5 Å². The van der Waals surface area contributed by atoms with Gasteiger partial charge in [0.25, 0.3) is 0 Å². The highest BCUT2D eigenvalue weighted by atomic mass is 33.1. The second-order valence-electron chi connectivity index (χ2n) is 23.4. The van der Waals surface area contributed by atoms with Crippen LogP contribution in [0, 0.1) is 0 Å². The summed E-state index contributed by atoms with van der Waals surface area (Å²) in [7, 11) is 2.65. The first-order valence-electron chi connectivity index (χ1n) is 22.1. The van der Waals surface area contributed by atoms with E-state index in [4.69, 9.17) is 29.9 Å². The van der Waals surface area contributed by atoms with Crippen molar-refractivity contribution in [2.45, 2.75) is 241 Å². The Balaban J connectivity index is 1.31. The summed E-state index contributed by atoms with van der Waals surface area (Å²) >= 11 is 0. The molecule has 6 heterocycles. The first kappa shape index (κ1) is 49.0. The molecular weight excluding hydrogens is 829 g/mol. The third-order valence-electron chi connectivity index (χ3n) is 13.3. The third-order valence-corrected chi connectivity index (χ3v) is 15.2. The molecule has 4 fully saturated rings. The van der Waals surface area contributed by atoms with Crippen LogP contribution in [0.5, 0.6) is 0 Å². The van der Waals surface area contributed by atoms with E-state index in [0.29, 0.717) is 85.5 Å². The number of hydroxylamine groups is 8. The highest BCUT2D eigenvalue weighted by molar-refractivity contribution is 8.76. The van der Waals surface area contributed by atoms with E-state index in [9.17, 15) is 20.8 Å². The highest BCUT2D eigenvalue weighted by Crippen LogP contribution is 2.43. The number of anilines is 4. The fourth-order valence-corrected chi connectivity index (χ4v) is 12.9. The summed E-state index contributed by atoms with van der Waals surface area (Å²) in [6, 6.07) is -0.0898. The van der Waals surface area contributed by atoms with Crippen LogP contribution >= 0.6 is 21.6 Å². The van der Waals surface area contributed by atoms with Crippen LogP contribution < -0.4 is 21.3 Å². The van der Waals surface area contributed by atoms with Crippen molar-refractivity contribution in [1.82, 2.24) is 50.2 Å². The van der Waals surface area contributed by atoms with Crippen molar-refractivity contribution in [3.05, 3.63) is 0 Å². The molecule has 2 aromatic rings. The normalized spacial score (nSPS) is 26.8. The zero-order chi connectivity index (χ0) is 46.2. The van der Waals surface area contributed by atoms with Crippen LogP contribution in [0.2, 0.25) is 0 Å². The van der Waals surface area contributed by atoms with E-state index in [1.54, 1.807) is 0 Å². The van der Waals surface area contributed by atoms with E-state index >= 15 is 0 Å². The Morgan fingerprint density at radius 1 is 0.339 bits per heavy atom. The molecule has 4 aliphatic rings. The molecule has 2 aromatic heterocycles. The van der Waals surface area contributed by atoms with Crippen LogP contribution in [-0.4, -0.2) is 139 Å². The van der Waals surface area contributed by atoms with Crippen LogP contribution in [-0.2, 0) is 0 Å². The molecule has 0 atom stereocenters. The molecule has 8 N–H and O–H groups in total. The molecule has 18 nitrogen and oxygen atoms in total. The number of hydrogen-bond donors (Lipinski definition) is 8. The second kappa shape index (κ2) is 16.8. The Morgan fingerprint density at radius 2 is 0.500 bits per heavy atom. The van der Waals surface area contributed by atoms with Crippen molar-refractivity contribution in [3.63, 3.8) is 0 Å². The molecule has 0 aliphatic carbocycles. The molecule has 62 heavy (non-hydrogen) atoms. The fourth-order valence-electron chi connectivity index (χ4n) is 11.3. The maximum atomic E-state index is 11.0. The van der Waals surface area contributed by atoms with Crippen molar-refractivity contribution in [1.29, 1.82) is 0 Å². The average Bonchev–Trinajstić information content (AvgIpc) is 3.09. The van der Waals surface area contributed by atoms with Crippen LogP contribution in [0.25, 0.3) is 0 Å². The van der Waals surface area contributed by atoms with Crippen LogP contribution in [0.4, 0.5) is 23.8 Å². The van der Waals surface area contributed by atoms with Gasteiger partial charge < -0.3 is 42.1 Å². The summed E-state index contributed by atoms with van der Waals surface area (Å²) in [5.74, 6) is 1.70. The quantitative estimate of drug-likeness (QED) is 0.0998. The van der Waals surface area contributed by atoms with Gasteiger partial charge in [-0.3, -0.25) is 0 Å². The van der Waals surface area contributed by atoms with Crippen LogP contribution in [0.1, 0.15) is 162 Å². The van der Waals surface area contributed by atoms with E-state index in [-0.39, 0.29) is 24.2 Å². The predicted molar refractivity (Wildman–Crippen MR) is 245 cm³/mol. The lowest BCUT2D eigenvalue weighted by molar-refractivity contribution is -0.243. The topological polar surface area (TPSA) is 219 Å². The van der Waals surface area contributed by atoms with Gasteiger partial charge in [-0.15, -0.1) is 0 Å². The van der Waals surface area contributed by atoms with E-state index in [2.05, 4.69) is 21.3 Å². The molecule has 0 saturated carbocycles. The summed E-state index contributed by atoms with van der Waals surface area (Å²) in [5, 5.41) is 65.2. The fraction of sp³-hybridized carbons (Fsp3) is 0.857. The minimum atomic E-state index is -0.478. The maximum Gasteiger partial charge on any atom is 0.228 e. The molecule has 0 amide bonds. The molecule has 20 heteroatoms. The number of piperidine rings is 4. The van der Waals surface area contributed by atoms with Gasteiger partial charge in [-0.2, -0.15) is 50.2 Å². The van der Waals surface area contributed by atoms with E-state index in [1.165, 1.54) is 41.8 Å². The van der Waals surface area contributed by atoms with E-state index < -0.39 is 44.3 Å². The lowest BCUT2D eigenvalue weighted by Gasteiger charge is -2.51. The first-order chi connectivity index (χ1) is 28.2. The van der Waals surface area contributed by atoms with Gasteiger partial charge in [-0.25, -0.2) is 0 Å². The summed E-state index contributed by atoms with van der Waals surface area (Å²) < 4.78 is 0. The lowest BCUT2D eigenvalue weighted by Crippen LogP contribution is -2.61. The Morgan fingerprint density at radius 3 is 0.661 bits per heavy atom. The zero-order valence-corrected chi connectivity index (χ0v) is 41.7. The molecule has 4 saturated heterocycles. The minimum Gasteiger partial charge on any atom is -0.351 e. The number of nitrogens with one attached hydrogen (secondary N) is 4. The van der Waals surface area contributed by atoms with Crippen molar-refractivity contribution >= 4 is 45.4 Å². The molecule has 0 aromatic carbocycles. The SMILES string of the molecule is CC1(C)CC(Nc2nc(NC3CC(C)(C)N(O)C(C)(C)C3)nc(SSc3nc(NC4CC(C)(C)N(O)C(C)(C)C4)nc(NC4CC(C)(C)N(O)C(C)(C)C4)n3)n2)CC(C)(C)N1O. The van der Waals surface area contributed by atoms with Gasteiger partial charge in [0.15, 0.2) is 0 Å². The number of hydrogen-bond acceptors (Lipinski definition) is 20. The van der Waals surface area contributed by atoms with Gasteiger partial charge in [0.1, 0.15) is 0 Å². The standard InChI is InChI=1S/C42H76N14O4S2/c1-35(2)17-25(18-36(3,4)53(35)57)43-29-47-30(44-26-19-37(5,6)54(58)38(7,8)20-26)50-33(49-29)61-62-34-51-31(45-27-21-39(9,10)55(59)40(11,12)22-27)48-32(52-34)46-28-23-41(13,14)56(60)42(15,16)24-28/h25-28,57-60H,17-24H2,1-16H3,(H2,43,44,47,49,50)(H2,45,46,48,51,52). The molecular formula is C42H76N14O4S2. The zero-order valence-electron chi connectivity index (χ0n) is 40.0. The Bertz CT molecular complexity index is 1600. The van der Waals surface area contributed by atoms with Crippen molar-refractivity contribution in [3.8, 4) is 0 Å². The largest absolute Gasteiger partial charge is 0.351 e. The van der Waals surface area contributed by atoms with Gasteiger partial charge in [0.2, 0.25) is 34.1 Å². The monoisotopic (exact) mass is 905 g/mol. The first-order valence-corrected chi connectivity index (χ1v) is 24.2. The van der Waals surface area contributed by atoms with Gasteiger partial charge in [0.05, 0.1) is 0 Å². The molecule has 350 valence electrons. The van der Waals surface area contributed by atoms with Crippen molar-refractivity contribution < 1.29 is 20.8 Å². The number of aromatic nitrogens is 6. The van der Waals surface area contributed by atoms with Crippen LogP contribution in [0.3, 0.4) is 0 Å². The van der Waals surface area contributed by atoms with Gasteiger partial charge in [-0.1, -0.05) is 0 Å². The van der Waals surface area contributed by atoms with Crippen molar-refractivity contribution in [2.24, 2.45) is 0 Å². The third kappa shape index (κ3) is 10.8. The van der Waals surface area contributed by atoms with E-state index in [0.717, 1.165) is 0 Å². The second-order valence-corrected chi connectivity index (χ2v) is 25.5. The molecule has 6 rings (SSSR count).